The van der Waals surface area contributed by atoms with Crippen LogP contribution in [0.1, 0.15) is 16.7 Å². The first-order chi connectivity index (χ1) is 12.1. The van der Waals surface area contributed by atoms with Crippen molar-refractivity contribution in [2.24, 2.45) is 27.2 Å². The molecule has 0 fully saturated rings. The highest BCUT2D eigenvalue weighted by atomic mass is 32.2. The van der Waals surface area contributed by atoms with Crippen LogP contribution in [0.2, 0.25) is 0 Å². The molecule has 0 aromatic heterocycles. The quantitative estimate of drug-likeness (QED) is 0.474. The number of anilines is 1. The molecular weight excluding hydrogens is 352 g/mol. The summed E-state index contributed by atoms with van der Waals surface area (Å²) in [6.45, 7) is 5.69. The number of aliphatic imine (C=N–C) groups is 2. The SMILES string of the molecule is Cc1cc(C)c(NS(=O)(=O)c2ccc(N=C(N)N=C(N)N)cc2)c(C)c1. The molecule has 26 heavy (non-hydrogen) atoms. The van der Waals surface area contributed by atoms with Crippen LogP contribution in [-0.2, 0) is 10.0 Å². The molecule has 8 nitrogen and oxygen atoms in total. The Morgan fingerprint density at radius 2 is 1.50 bits per heavy atom. The number of nitrogens with one attached hydrogen (secondary N) is 1. The Balaban J connectivity index is 2.29. The molecule has 138 valence electrons. The fourth-order valence-electron chi connectivity index (χ4n) is 2.52. The van der Waals surface area contributed by atoms with Crippen LogP contribution in [-0.4, -0.2) is 20.3 Å². The molecule has 2 rings (SSSR count). The smallest absolute Gasteiger partial charge is 0.261 e. The third-order valence-corrected chi connectivity index (χ3v) is 4.91. The van der Waals surface area contributed by atoms with Gasteiger partial charge in [0, 0.05) is 0 Å². The highest BCUT2D eigenvalue weighted by molar-refractivity contribution is 7.92. The molecule has 0 atom stereocenters. The number of rotatable bonds is 4. The third kappa shape index (κ3) is 4.73. The molecular formula is C17H22N6O2S. The number of aryl methyl sites for hydroxylation is 3. The lowest BCUT2D eigenvalue weighted by atomic mass is 10.1. The third-order valence-electron chi connectivity index (χ3n) is 3.55. The Bertz CT molecular complexity index is 952. The molecule has 0 bridgehead atoms. The molecule has 0 aliphatic carbocycles. The second kappa shape index (κ2) is 7.44. The lowest BCUT2D eigenvalue weighted by Crippen LogP contribution is -2.26. The number of sulfonamides is 1. The summed E-state index contributed by atoms with van der Waals surface area (Å²) in [6, 6.07) is 9.74. The zero-order valence-corrected chi connectivity index (χ0v) is 15.6. The van der Waals surface area contributed by atoms with Crippen molar-refractivity contribution in [3.63, 3.8) is 0 Å². The topological polar surface area (TPSA) is 149 Å². The van der Waals surface area contributed by atoms with Crippen molar-refractivity contribution in [2.75, 3.05) is 4.72 Å². The normalized spacial score (nSPS) is 11.9. The van der Waals surface area contributed by atoms with Gasteiger partial charge in [0.15, 0.2) is 5.96 Å². The average Bonchev–Trinajstić information content (AvgIpc) is 2.50. The van der Waals surface area contributed by atoms with Crippen LogP contribution in [0, 0.1) is 20.8 Å². The molecule has 0 unspecified atom stereocenters. The molecule has 0 heterocycles. The maximum Gasteiger partial charge on any atom is 0.261 e. The van der Waals surface area contributed by atoms with Crippen molar-refractivity contribution in [3.8, 4) is 0 Å². The van der Waals surface area contributed by atoms with Gasteiger partial charge < -0.3 is 17.2 Å². The first-order valence-corrected chi connectivity index (χ1v) is 9.21. The number of hydrogen-bond acceptors (Lipinski definition) is 3. The highest BCUT2D eigenvalue weighted by Crippen LogP contribution is 2.26. The minimum absolute atomic E-state index is 0.108. The minimum Gasteiger partial charge on any atom is -0.370 e. The molecule has 0 amide bonds. The van der Waals surface area contributed by atoms with Crippen molar-refractivity contribution in [1.82, 2.24) is 0 Å². The van der Waals surface area contributed by atoms with E-state index in [1.807, 2.05) is 32.9 Å². The standard InChI is InChI=1S/C17H22N6O2S/c1-10-8-11(2)15(12(3)9-10)23-26(24,25)14-6-4-13(5-7-14)21-17(20)22-16(18)19/h4-9,23H,1-3H3,(H6,18,19,20,21,22). The Kier molecular flexibility index (Phi) is 5.51. The van der Waals surface area contributed by atoms with E-state index in [4.69, 9.17) is 17.2 Å². The lowest BCUT2D eigenvalue weighted by Gasteiger charge is -2.14. The summed E-state index contributed by atoms with van der Waals surface area (Å²) in [7, 11) is -3.73. The van der Waals surface area contributed by atoms with Gasteiger partial charge in [-0.15, -0.1) is 0 Å². The molecule has 0 spiro atoms. The summed E-state index contributed by atoms with van der Waals surface area (Å²) < 4.78 is 27.9. The van der Waals surface area contributed by atoms with Gasteiger partial charge in [-0.25, -0.2) is 13.4 Å². The zero-order valence-electron chi connectivity index (χ0n) is 14.8. The first-order valence-electron chi connectivity index (χ1n) is 7.73. The molecule has 0 saturated carbocycles. The van der Waals surface area contributed by atoms with Gasteiger partial charge in [-0.05, 0) is 56.2 Å². The first kappa shape index (κ1) is 19.3. The largest absolute Gasteiger partial charge is 0.370 e. The van der Waals surface area contributed by atoms with Crippen LogP contribution < -0.4 is 21.9 Å². The van der Waals surface area contributed by atoms with Gasteiger partial charge in [-0.1, -0.05) is 17.7 Å². The summed E-state index contributed by atoms with van der Waals surface area (Å²) in [6.07, 6.45) is 0. The van der Waals surface area contributed by atoms with Crippen LogP contribution in [0.3, 0.4) is 0 Å². The van der Waals surface area contributed by atoms with E-state index in [9.17, 15) is 8.42 Å². The molecule has 7 N–H and O–H groups in total. The number of nitrogens with zero attached hydrogens (tertiary/aromatic N) is 2. The monoisotopic (exact) mass is 374 g/mol. The van der Waals surface area contributed by atoms with Gasteiger partial charge in [0.25, 0.3) is 10.0 Å². The van der Waals surface area contributed by atoms with Crippen LogP contribution in [0.15, 0.2) is 51.3 Å². The lowest BCUT2D eigenvalue weighted by molar-refractivity contribution is 0.601. The molecule has 0 saturated heterocycles. The number of hydrogen-bond donors (Lipinski definition) is 4. The van der Waals surface area contributed by atoms with Crippen molar-refractivity contribution in [1.29, 1.82) is 0 Å². The molecule has 0 radical (unpaired) electrons. The Morgan fingerprint density at radius 3 is 2.00 bits per heavy atom. The zero-order chi connectivity index (χ0) is 19.5. The summed E-state index contributed by atoms with van der Waals surface area (Å²) in [5, 5.41) is 0. The van der Waals surface area contributed by atoms with Gasteiger partial charge in [0.05, 0.1) is 16.3 Å². The maximum atomic E-state index is 12.6. The summed E-state index contributed by atoms with van der Waals surface area (Å²) in [5.41, 5.74) is 19.8. The number of nitrogens with two attached hydrogens (primary N) is 3. The molecule has 0 aliphatic rings. The highest BCUT2D eigenvalue weighted by Gasteiger charge is 2.16. The van der Waals surface area contributed by atoms with Crippen molar-refractivity contribution in [3.05, 3.63) is 53.1 Å². The number of guanidine groups is 2. The van der Waals surface area contributed by atoms with Crippen molar-refractivity contribution in [2.45, 2.75) is 25.7 Å². The van der Waals surface area contributed by atoms with Gasteiger partial charge in [0.2, 0.25) is 5.96 Å². The summed E-state index contributed by atoms with van der Waals surface area (Å²) >= 11 is 0. The van der Waals surface area contributed by atoms with Gasteiger partial charge in [-0.3, -0.25) is 4.72 Å². The van der Waals surface area contributed by atoms with E-state index in [0.29, 0.717) is 11.4 Å². The van der Waals surface area contributed by atoms with Crippen LogP contribution >= 0.6 is 0 Å². The van der Waals surface area contributed by atoms with Crippen LogP contribution in [0.5, 0.6) is 0 Å². The van der Waals surface area contributed by atoms with Gasteiger partial charge >= 0.3 is 0 Å². The van der Waals surface area contributed by atoms with Crippen molar-refractivity contribution >= 4 is 33.3 Å². The van der Waals surface area contributed by atoms with Crippen LogP contribution in [0.25, 0.3) is 0 Å². The fourth-order valence-corrected chi connectivity index (χ4v) is 3.73. The van der Waals surface area contributed by atoms with E-state index < -0.39 is 10.0 Å². The van der Waals surface area contributed by atoms with Gasteiger partial charge in [0.1, 0.15) is 0 Å². The Labute approximate surface area is 152 Å². The second-order valence-corrected chi connectivity index (χ2v) is 7.56. The Hall–Kier alpha value is -3.07. The number of benzene rings is 2. The predicted molar refractivity (Wildman–Crippen MR) is 105 cm³/mol. The fraction of sp³-hybridized carbons (Fsp3) is 0.176. The Morgan fingerprint density at radius 1 is 0.962 bits per heavy atom. The second-order valence-electron chi connectivity index (χ2n) is 5.88. The minimum atomic E-state index is -3.73. The van der Waals surface area contributed by atoms with E-state index in [-0.39, 0.29) is 16.8 Å². The van der Waals surface area contributed by atoms with Gasteiger partial charge in [-0.2, -0.15) is 4.99 Å². The van der Waals surface area contributed by atoms with E-state index >= 15 is 0 Å². The average molecular weight is 374 g/mol. The van der Waals surface area contributed by atoms with E-state index in [1.54, 1.807) is 0 Å². The molecule has 2 aromatic carbocycles. The van der Waals surface area contributed by atoms with Crippen molar-refractivity contribution < 1.29 is 8.42 Å². The predicted octanol–water partition coefficient (Wildman–Crippen LogP) is 1.63. The van der Waals surface area contributed by atoms with E-state index in [1.165, 1.54) is 24.3 Å². The van der Waals surface area contributed by atoms with Crippen LogP contribution in [0.4, 0.5) is 11.4 Å². The van der Waals surface area contributed by atoms with E-state index in [2.05, 4.69) is 14.7 Å². The summed E-state index contributed by atoms with van der Waals surface area (Å²) in [4.78, 5) is 7.68. The summed E-state index contributed by atoms with van der Waals surface area (Å²) in [5.74, 6) is -0.330. The molecule has 0 aliphatic heterocycles. The molecule has 9 heteroatoms. The molecule has 2 aromatic rings. The van der Waals surface area contributed by atoms with E-state index in [0.717, 1.165) is 16.7 Å². The maximum absolute atomic E-state index is 12.6.